The molecule has 1 heterocycles. The number of anilines is 1. The topological polar surface area (TPSA) is 23.5 Å². The Hall–Kier alpha value is -1.02. The molecule has 1 N–H and O–H groups in total. The zero-order valence-electron chi connectivity index (χ0n) is 10.4. The van der Waals surface area contributed by atoms with Gasteiger partial charge in [0.05, 0.1) is 0 Å². The lowest BCUT2D eigenvalue weighted by Crippen LogP contribution is -2.38. The van der Waals surface area contributed by atoms with Crippen LogP contribution in [0.3, 0.4) is 0 Å². The summed E-state index contributed by atoms with van der Waals surface area (Å²) in [4.78, 5) is 2.41. The van der Waals surface area contributed by atoms with Crippen molar-refractivity contribution in [2.24, 2.45) is 5.92 Å². The smallest absolute Gasteiger partial charge is 0.0477 e. The Morgan fingerprint density at radius 2 is 1.94 bits per heavy atom. The molecular formula is C14H21NO. The number of hydrogen-bond donors (Lipinski definition) is 1. The molecule has 0 aromatic heterocycles. The fourth-order valence-electron chi connectivity index (χ4n) is 2.69. The lowest BCUT2D eigenvalue weighted by molar-refractivity contribution is 0.232. The van der Waals surface area contributed by atoms with Crippen molar-refractivity contribution in [2.75, 3.05) is 18.1 Å². The van der Waals surface area contributed by atoms with Crippen LogP contribution >= 0.6 is 0 Å². The molecule has 0 aliphatic carbocycles. The zero-order chi connectivity index (χ0) is 11.8. The van der Waals surface area contributed by atoms with Gasteiger partial charge in [0, 0.05) is 30.3 Å². The van der Waals surface area contributed by atoms with Crippen LogP contribution in [-0.2, 0) is 0 Å². The second-order valence-corrected chi connectivity index (χ2v) is 5.51. The average molecular weight is 219 g/mol. The van der Waals surface area contributed by atoms with Gasteiger partial charge in [0.15, 0.2) is 0 Å². The molecule has 1 aliphatic rings. The van der Waals surface area contributed by atoms with Gasteiger partial charge in [0.1, 0.15) is 0 Å². The van der Waals surface area contributed by atoms with Crippen molar-refractivity contribution < 1.29 is 5.11 Å². The Bertz CT molecular complexity index is 356. The molecule has 16 heavy (non-hydrogen) atoms. The molecule has 1 aromatic rings. The minimum Gasteiger partial charge on any atom is -0.396 e. The highest BCUT2D eigenvalue weighted by Crippen LogP contribution is 2.36. The summed E-state index contributed by atoms with van der Waals surface area (Å²) in [5.41, 5.74) is 2.72. The molecule has 2 heteroatoms. The molecule has 1 atom stereocenters. The van der Waals surface area contributed by atoms with Crippen LogP contribution in [0.1, 0.15) is 25.8 Å². The van der Waals surface area contributed by atoms with Crippen LogP contribution in [0.25, 0.3) is 0 Å². The summed E-state index contributed by atoms with van der Waals surface area (Å²) in [6.45, 7) is 7.87. The van der Waals surface area contributed by atoms with Crippen molar-refractivity contribution in [1.29, 1.82) is 0 Å². The van der Waals surface area contributed by atoms with E-state index in [0.717, 1.165) is 13.0 Å². The van der Waals surface area contributed by atoms with Gasteiger partial charge in [-0.1, -0.05) is 17.7 Å². The van der Waals surface area contributed by atoms with Gasteiger partial charge < -0.3 is 10.0 Å². The van der Waals surface area contributed by atoms with Crippen molar-refractivity contribution in [3.05, 3.63) is 29.8 Å². The molecule has 1 aromatic carbocycles. The third-order valence-corrected chi connectivity index (χ3v) is 3.56. The molecule has 0 radical (unpaired) electrons. The molecule has 0 spiro atoms. The molecule has 2 nitrogen and oxygen atoms in total. The third kappa shape index (κ3) is 2.07. The summed E-state index contributed by atoms with van der Waals surface area (Å²) in [7, 11) is 0. The van der Waals surface area contributed by atoms with E-state index in [4.69, 9.17) is 0 Å². The summed E-state index contributed by atoms with van der Waals surface area (Å²) in [6.07, 6.45) is 1.07. The van der Waals surface area contributed by atoms with E-state index in [2.05, 4.69) is 49.9 Å². The summed E-state index contributed by atoms with van der Waals surface area (Å²) >= 11 is 0. The summed E-state index contributed by atoms with van der Waals surface area (Å²) in [6, 6.07) is 8.66. The minimum atomic E-state index is 0.155. The number of benzene rings is 1. The Morgan fingerprint density at radius 1 is 1.31 bits per heavy atom. The Kier molecular flexibility index (Phi) is 2.94. The van der Waals surface area contributed by atoms with Crippen molar-refractivity contribution in [1.82, 2.24) is 0 Å². The largest absolute Gasteiger partial charge is 0.396 e. The average Bonchev–Trinajstić information content (AvgIpc) is 2.55. The molecule has 1 unspecified atom stereocenters. The van der Waals surface area contributed by atoms with E-state index < -0.39 is 0 Å². The molecule has 2 rings (SSSR count). The van der Waals surface area contributed by atoms with Crippen LogP contribution in [-0.4, -0.2) is 23.8 Å². The second kappa shape index (κ2) is 4.10. The fourth-order valence-corrected chi connectivity index (χ4v) is 2.69. The number of aliphatic hydroxyl groups excluding tert-OH is 1. The van der Waals surface area contributed by atoms with E-state index in [1.54, 1.807) is 0 Å². The number of rotatable bonds is 2. The predicted molar refractivity (Wildman–Crippen MR) is 67.8 cm³/mol. The number of aryl methyl sites for hydroxylation is 1. The maximum absolute atomic E-state index is 9.28. The van der Waals surface area contributed by atoms with Gasteiger partial charge in [-0.25, -0.2) is 0 Å². The van der Waals surface area contributed by atoms with Gasteiger partial charge in [0.25, 0.3) is 0 Å². The number of aliphatic hydroxyl groups is 1. The van der Waals surface area contributed by atoms with Crippen molar-refractivity contribution in [3.63, 3.8) is 0 Å². The first-order chi connectivity index (χ1) is 7.53. The molecular weight excluding hydrogens is 198 g/mol. The Morgan fingerprint density at radius 3 is 2.44 bits per heavy atom. The van der Waals surface area contributed by atoms with E-state index in [0.29, 0.717) is 12.5 Å². The predicted octanol–water partition coefficient (Wildman–Crippen LogP) is 2.59. The number of hydrogen-bond acceptors (Lipinski definition) is 2. The van der Waals surface area contributed by atoms with Gasteiger partial charge in [0.2, 0.25) is 0 Å². The van der Waals surface area contributed by atoms with Gasteiger partial charge >= 0.3 is 0 Å². The first kappa shape index (κ1) is 11.5. The van der Waals surface area contributed by atoms with Crippen molar-refractivity contribution >= 4 is 5.69 Å². The highest BCUT2D eigenvalue weighted by Gasteiger charge is 2.37. The molecule has 1 fully saturated rings. The maximum atomic E-state index is 9.28. The van der Waals surface area contributed by atoms with Crippen LogP contribution in [0.15, 0.2) is 24.3 Å². The quantitative estimate of drug-likeness (QED) is 0.826. The van der Waals surface area contributed by atoms with Crippen LogP contribution < -0.4 is 4.90 Å². The minimum absolute atomic E-state index is 0.155. The van der Waals surface area contributed by atoms with Gasteiger partial charge in [-0.05, 0) is 39.3 Å². The first-order valence-corrected chi connectivity index (χ1v) is 5.98. The molecule has 88 valence electrons. The maximum Gasteiger partial charge on any atom is 0.0477 e. The molecule has 0 saturated carbocycles. The first-order valence-electron chi connectivity index (χ1n) is 5.98. The summed E-state index contributed by atoms with van der Waals surface area (Å²) in [5.74, 6) is 0.413. The van der Waals surface area contributed by atoms with Crippen LogP contribution in [0, 0.1) is 12.8 Å². The highest BCUT2D eigenvalue weighted by atomic mass is 16.3. The lowest BCUT2D eigenvalue weighted by Gasteiger charge is -2.33. The van der Waals surface area contributed by atoms with E-state index in [-0.39, 0.29) is 5.54 Å². The van der Waals surface area contributed by atoms with E-state index in [1.165, 1.54) is 11.3 Å². The Labute approximate surface area is 97.9 Å². The molecule has 0 bridgehead atoms. The standard InChI is InChI=1S/C14H21NO/c1-11-4-6-13(7-5-11)15-9-12(10-16)8-14(15,2)3/h4-7,12,16H,8-10H2,1-3H3. The highest BCUT2D eigenvalue weighted by molar-refractivity contribution is 5.51. The van der Waals surface area contributed by atoms with E-state index >= 15 is 0 Å². The summed E-state index contributed by atoms with van der Waals surface area (Å²) in [5, 5.41) is 9.28. The monoisotopic (exact) mass is 219 g/mol. The fraction of sp³-hybridized carbons (Fsp3) is 0.571. The second-order valence-electron chi connectivity index (χ2n) is 5.51. The third-order valence-electron chi connectivity index (χ3n) is 3.56. The van der Waals surface area contributed by atoms with Crippen molar-refractivity contribution in [3.8, 4) is 0 Å². The van der Waals surface area contributed by atoms with Crippen LogP contribution in [0.5, 0.6) is 0 Å². The Balaban J connectivity index is 2.23. The SMILES string of the molecule is Cc1ccc(N2CC(CO)CC2(C)C)cc1. The zero-order valence-corrected chi connectivity index (χ0v) is 10.4. The normalized spacial score (nSPS) is 23.8. The molecule has 0 amide bonds. The lowest BCUT2D eigenvalue weighted by atomic mass is 9.97. The van der Waals surface area contributed by atoms with E-state index in [1.807, 2.05) is 0 Å². The van der Waals surface area contributed by atoms with Crippen molar-refractivity contribution in [2.45, 2.75) is 32.7 Å². The molecule has 1 aliphatic heterocycles. The van der Waals surface area contributed by atoms with Gasteiger partial charge in [-0.2, -0.15) is 0 Å². The van der Waals surface area contributed by atoms with E-state index in [9.17, 15) is 5.11 Å². The van der Waals surface area contributed by atoms with Gasteiger partial charge in [-0.3, -0.25) is 0 Å². The summed E-state index contributed by atoms with van der Waals surface area (Å²) < 4.78 is 0. The number of nitrogens with zero attached hydrogens (tertiary/aromatic N) is 1. The van der Waals surface area contributed by atoms with Crippen LogP contribution in [0.2, 0.25) is 0 Å². The van der Waals surface area contributed by atoms with Crippen LogP contribution in [0.4, 0.5) is 5.69 Å². The van der Waals surface area contributed by atoms with Gasteiger partial charge in [-0.15, -0.1) is 0 Å². The molecule has 1 saturated heterocycles.